The minimum absolute atomic E-state index is 0.125. The summed E-state index contributed by atoms with van der Waals surface area (Å²) in [4.78, 5) is 8.04. The van der Waals surface area contributed by atoms with E-state index in [0.29, 0.717) is 11.4 Å². The first-order valence-corrected chi connectivity index (χ1v) is 7.57. The maximum Gasteiger partial charge on any atom is 0.247 e. The van der Waals surface area contributed by atoms with Crippen LogP contribution in [-0.4, -0.2) is 24.6 Å². The van der Waals surface area contributed by atoms with Crippen LogP contribution in [-0.2, 0) is 16.3 Å². The molecule has 1 aromatic carbocycles. The highest BCUT2D eigenvalue weighted by Crippen LogP contribution is 2.36. The Morgan fingerprint density at radius 3 is 2.78 bits per heavy atom. The van der Waals surface area contributed by atoms with Crippen LogP contribution in [0.4, 0.5) is 0 Å². The number of rotatable bonds is 1. The second kappa shape index (κ2) is 3.76. The number of fused-ring (bicyclic) bond motifs is 3. The van der Waals surface area contributed by atoms with Crippen molar-refractivity contribution in [2.45, 2.75) is 11.6 Å². The molecule has 2 aromatic rings. The van der Waals surface area contributed by atoms with Gasteiger partial charge in [0.05, 0.1) is 5.69 Å². The van der Waals surface area contributed by atoms with Gasteiger partial charge in [0.2, 0.25) is 15.0 Å². The number of halogens is 1. The summed E-state index contributed by atoms with van der Waals surface area (Å²) in [6, 6.07) is 5.59. The zero-order valence-corrected chi connectivity index (χ0v) is 11.1. The molecule has 92 valence electrons. The molecule has 0 atom stereocenters. The van der Waals surface area contributed by atoms with Crippen molar-refractivity contribution in [2.75, 3.05) is 6.26 Å². The molecule has 0 aliphatic heterocycles. The van der Waals surface area contributed by atoms with Crippen LogP contribution in [0.3, 0.4) is 0 Å². The molecule has 0 saturated carbocycles. The van der Waals surface area contributed by atoms with Gasteiger partial charge in [0.25, 0.3) is 0 Å². The first-order valence-electron chi connectivity index (χ1n) is 5.30. The Balaban J connectivity index is 2.18. The highest BCUT2D eigenvalue weighted by atomic mass is 35.5. The Kier molecular flexibility index (Phi) is 2.43. The molecule has 0 radical (unpaired) electrons. The summed E-state index contributed by atoms with van der Waals surface area (Å²) in [5, 5.41) is 0.540. The average Bonchev–Trinajstić information content (AvgIpc) is 2.63. The maximum absolute atomic E-state index is 11.4. The SMILES string of the molecule is CS(=O)(=O)c1ncc2c(n1)Cc1cc(Cl)ccc1-2. The molecule has 6 heteroatoms. The summed E-state index contributed by atoms with van der Waals surface area (Å²) in [6.45, 7) is 0. The molecule has 1 heterocycles. The zero-order chi connectivity index (χ0) is 12.9. The van der Waals surface area contributed by atoms with E-state index in [0.717, 1.165) is 28.6 Å². The van der Waals surface area contributed by atoms with Gasteiger partial charge in [-0.15, -0.1) is 0 Å². The standard InChI is InChI=1S/C12H9ClN2O2S/c1-18(16,17)12-14-6-10-9-3-2-8(13)4-7(9)5-11(10)15-12/h2-4,6H,5H2,1H3. The maximum atomic E-state index is 11.4. The fourth-order valence-corrected chi connectivity index (χ4v) is 2.80. The van der Waals surface area contributed by atoms with Crippen LogP contribution in [0.15, 0.2) is 29.6 Å². The predicted octanol–water partition coefficient (Wildman–Crippen LogP) is 2.10. The smallest absolute Gasteiger partial charge is 0.226 e. The fourth-order valence-electron chi connectivity index (χ4n) is 2.09. The van der Waals surface area contributed by atoms with Crippen molar-refractivity contribution in [3.63, 3.8) is 0 Å². The van der Waals surface area contributed by atoms with Gasteiger partial charge < -0.3 is 0 Å². The lowest BCUT2D eigenvalue weighted by atomic mass is 10.1. The molecule has 0 bridgehead atoms. The molecule has 0 unspecified atom stereocenters. The molecule has 18 heavy (non-hydrogen) atoms. The van der Waals surface area contributed by atoms with Crippen molar-refractivity contribution in [3.05, 3.63) is 40.7 Å². The van der Waals surface area contributed by atoms with Gasteiger partial charge >= 0.3 is 0 Å². The zero-order valence-electron chi connectivity index (χ0n) is 9.51. The van der Waals surface area contributed by atoms with Crippen molar-refractivity contribution in [3.8, 4) is 11.1 Å². The lowest BCUT2D eigenvalue weighted by Crippen LogP contribution is -2.05. The summed E-state index contributed by atoms with van der Waals surface area (Å²) >= 11 is 5.94. The van der Waals surface area contributed by atoms with Crippen molar-refractivity contribution < 1.29 is 8.42 Å². The van der Waals surface area contributed by atoms with E-state index in [1.807, 2.05) is 12.1 Å². The topological polar surface area (TPSA) is 59.9 Å². The Morgan fingerprint density at radius 2 is 2.06 bits per heavy atom. The highest BCUT2D eigenvalue weighted by Gasteiger charge is 2.23. The first-order chi connectivity index (χ1) is 8.45. The largest absolute Gasteiger partial charge is 0.247 e. The molecule has 0 N–H and O–H groups in total. The van der Waals surface area contributed by atoms with E-state index < -0.39 is 9.84 Å². The first kappa shape index (κ1) is 11.6. The summed E-state index contributed by atoms with van der Waals surface area (Å²) in [5.41, 5.74) is 3.70. The number of benzene rings is 1. The minimum atomic E-state index is -3.37. The second-order valence-electron chi connectivity index (χ2n) is 4.26. The third-order valence-corrected chi connectivity index (χ3v) is 3.99. The van der Waals surface area contributed by atoms with Crippen molar-refractivity contribution in [2.24, 2.45) is 0 Å². The molecule has 0 amide bonds. The van der Waals surface area contributed by atoms with Gasteiger partial charge in [-0.3, -0.25) is 0 Å². The van der Waals surface area contributed by atoms with Gasteiger partial charge in [0.15, 0.2) is 0 Å². The Labute approximate surface area is 110 Å². The summed E-state index contributed by atoms with van der Waals surface area (Å²) in [7, 11) is -3.37. The normalized spacial score (nSPS) is 13.2. The van der Waals surface area contributed by atoms with E-state index in [2.05, 4.69) is 9.97 Å². The summed E-state index contributed by atoms with van der Waals surface area (Å²) in [5.74, 6) is 0. The van der Waals surface area contributed by atoms with E-state index in [-0.39, 0.29) is 5.16 Å². The summed E-state index contributed by atoms with van der Waals surface area (Å²) < 4.78 is 22.8. The third kappa shape index (κ3) is 1.79. The monoisotopic (exact) mass is 280 g/mol. The molecule has 0 saturated heterocycles. The Bertz CT molecular complexity index is 757. The minimum Gasteiger partial charge on any atom is -0.226 e. The van der Waals surface area contributed by atoms with Gasteiger partial charge in [-0.05, 0) is 23.3 Å². The molecule has 3 rings (SSSR count). The number of aromatic nitrogens is 2. The number of sulfone groups is 1. The average molecular weight is 281 g/mol. The second-order valence-corrected chi connectivity index (χ2v) is 6.61. The lowest BCUT2D eigenvalue weighted by molar-refractivity contribution is 0.592. The van der Waals surface area contributed by atoms with E-state index in [9.17, 15) is 8.42 Å². The van der Waals surface area contributed by atoms with Gasteiger partial charge in [0.1, 0.15) is 0 Å². The number of nitrogens with zero attached hydrogens (tertiary/aromatic N) is 2. The van der Waals surface area contributed by atoms with Crippen molar-refractivity contribution in [1.82, 2.24) is 9.97 Å². The number of hydrogen-bond donors (Lipinski definition) is 0. The van der Waals surface area contributed by atoms with Crippen LogP contribution in [0.1, 0.15) is 11.3 Å². The van der Waals surface area contributed by atoms with Crippen LogP contribution in [0.5, 0.6) is 0 Å². The van der Waals surface area contributed by atoms with Crippen LogP contribution >= 0.6 is 11.6 Å². The van der Waals surface area contributed by atoms with Gasteiger partial charge in [-0.1, -0.05) is 17.7 Å². The van der Waals surface area contributed by atoms with Gasteiger partial charge in [0, 0.05) is 29.5 Å². The molecular weight excluding hydrogens is 272 g/mol. The third-order valence-electron chi connectivity index (χ3n) is 2.89. The molecule has 4 nitrogen and oxygen atoms in total. The number of hydrogen-bond acceptors (Lipinski definition) is 4. The van der Waals surface area contributed by atoms with Crippen LogP contribution in [0.25, 0.3) is 11.1 Å². The molecule has 0 fully saturated rings. The molecule has 1 aliphatic rings. The predicted molar refractivity (Wildman–Crippen MR) is 68.4 cm³/mol. The molecule has 1 aromatic heterocycles. The van der Waals surface area contributed by atoms with E-state index >= 15 is 0 Å². The van der Waals surface area contributed by atoms with E-state index in [4.69, 9.17) is 11.6 Å². The van der Waals surface area contributed by atoms with Gasteiger partial charge in [-0.25, -0.2) is 18.4 Å². The van der Waals surface area contributed by atoms with Gasteiger partial charge in [-0.2, -0.15) is 0 Å². The van der Waals surface area contributed by atoms with Crippen molar-refractivity contribution >= 4 is 21.4 Å². The lowest BCUT2D eigenvalue weighted by Gasteiger charge is -2.01. The fraction of sp³-hybridized carbons (Fsp3) is 0.167. The Morgan fingerprint density at radius 1 is 1.28 bits per heavy atom. The molecule has 1 aliphatic carbocycles. The van der Waals surface area contributed by atoms with E-state index in [1.165, 1.54) is 0 Å². The quantitative estimate of drug-likeness (QED) is 0.641. The summed E-state index contributed by atoms with van der Waals surface area (Å²) in [6.07, 6.45) is 3.27. The highest BCUT2D eigenvalue weighted by molar-refractivity contribution is 7.90. The molecule has 0 spiro atoms. The van der Waals surface area contributed by atoms with Crippen LogP contribution in [0.2, 0.25) is 5.02 Å². The Hall–Kier alpha value is -1.46. The van der Waals surface area contributed by atoms with E-state index in [1.54, 1.807) is 12.3 Å². The molecular formula is C12H9ClN2O2S. The van der Waals surface area contributed by atoms with Crippen LogP contribution in [0, 0.1) is 0 Å². The van der Waals surface area contributed by atoms with Crippen molar-refractivity contribution in [1.29, 1.82) is 0 Å². The van der Waals surface area contributed by atoms with Crippen LogP contribution < -0.4 is 0 Å².